The number of hydrogen-bond acceptors (Lipinski definition) is 4. The average Bonchev–Trinajstić information content (AvgIpc) is 2.68. The summed E-state index contributed by atoms with van der Waals surface area (Å²) in [5.41, 5.74) is 0.297. The average molecular weight is 468 g/mol. The van der Waals surface area contributed by atoms with E-state index in [0.717, 1.165) is 0 Å². The van der Waals surface area contributed by atoms with Gasteiger partial charge in [0.25, 0.3) is 0 Å². The van der Waals surface area contributed by atoms with Crippen molar-refractivity contribution in [2.24, 2.45) is 11.8 Å². The van der Waals surface area contributed by atoms with Gasteiger partial charge in [-0.1, -0.05) is 48.8 Å². The summed E-state index contributed by atoms with van der Waals surface area (Å²) >= 11 is 13.6. The fourth-order valence-electron chi connectivity index (χ4n) is 3.33. The lowest BCUT2D eigenvalue weighted by Crippen LogP contribution is -2.45. The van der Waals surface area contributed by atoms with Crippen LogP contribution in [0.5, 0.6) is 0 Å². The molecule has 2 aromatic rings. The maximum absolute atomic E-state index is 13.6. The lowest BCUT2D eigenvalue weighted by Gasteiger charge is -2.48. The van der Waals surface area contributed by atoms with Gasteiger partial charge in [-0.05, 0) is 49.5 Å². The molecular formula is C21H21Cl2N2O2S2-. The molecule has 1 aliphatic rings. The van der Waals surface area contributed by atoms with Crippen LogP contribution in [0.2, 0.25) is 10.0 Å². The highest BCUT2D eigenvalue weighted by Gasteiger charge is 2.32. The largest absolute Gasteiger partial charge is 0.309 e. The molecule has 2 aromatic carbocycles. The number of nitrogens with zero attached hydrogens (tertiary/aromatic N) is 2. The molecule has 1 fully saturated rings. The van der Waals surface area contributed by atoms with Crippen molar-refractivity contribution in [3.05, 3.63) is 57.9 Å². The van der Waals surface area contributed by atoms with Crippen molar-refractivity contribution < 1.29 is 8.42 Å². The van der Waals surface area contributed by atoms with Crippen LogP contribution in [-0.2, 0) is 10.0 Å². The van der Waals surface area contributed by atoms with Gasteiger partial charge in [0.2, 0.25) is 10.0 Å². The summed E-state index contributed by atoms with van der Waals surface area (Å²) in [6.45, 7) is 7.02. The molecule has 0 radical (unpaired) electrons. The molecule has 0 aliphatic carbocycles. The summed E-state index contributed by atoms with van der Waals surface area (Å²) in [5.74, 6) is 1.65. The summed E-state index contributed by atoms with van der Waals surface area (Å²) < 4.78 is 28.6. The Balaban J connectivity index is 2.05. The fraction of sp³-hybridized carbons (Fsp3) is 0.333. The zero-order chi connectivity index (χ0) is 21.3. The normalized spacial score (nSPS) is 21.1. The highest BCUT2D eigenvalue weighted by atomic mass is 35.5. The summed E-state index contributed by atoms with van der Waals surface area (Å²) in [6.07, 6.45) is 0. The lowest BCUT2D eigenvalue weighted by molar-refractivity contribution is 0.252. The molecule has 0 bridgehead atoms. The molecule has 0 amide bonds. The van der Waals surface area contributed by atoms with Gasteiger partial charge in [0, 0.05) is 14.8 Å². The quantitative estimate of drug-likeness (QED) is 0.525. The second-order valence-electron chi connectivity index (χ2n) is 7.32. The van der Waals surface area contributed by atoms with Crippen LogP contribution in [0.1, 0.15) is 26.3 Å². The molecule has 3 rings (SSSR count). The van der Waals surface area contributed by atoms with Crippen molar-refractivity contribution in [3.8, 4) is 6.07 Å². The molecule has 1 aliphatic heterocycles. The van der Waals surface area contributed by atoms with Crippen molar-refractivity contribution in [2.75, 3.05) is 13.1 Å². The topological polar surface area (TPSA) is 61.2 Å². The third-order valence-corrected chi connectivity index (χ3v) is 9.12. The van der Waals surface area contributed by atoms with Crippen LogP contribution in [0, 0.1) is 29.1 Å². The Labute approximate surface area is 186 Å². The van der Waals surface area contributed by atoms with Gasteiger partial charge in [0.05, 0.1) is 21.6 Å². The van der Waals surface area contributed by atoms with Crippen molar-refractivity contribution in [1.29, 1.82) is 5.26 Å². The second-order valence-corrected chi connectivity index (χ2v) is 11.2. The van der Waals surface area contributed by atoms with Crippen LogP contribution < -0.4 is 0 Å². The van der Waals surface area contributed by atoms with Crippen LogP contribution in [0.4, 0.5) is 0 Å². The maximum atomic E-state index is 13.6. The first-order valence-electron chi connectivity index (χ1n) is 9.14. The molecule has 4 nitrogen and oxygen atoms in total. The number of hydrogen-bond donors (Lipinski definition) is 0. The van der Waals surface area contributed by atoms with Gasteiger partial charge in [0.15, 0.2) is 0 Å². The predicted octanol–water partition coefficient (Wildman–Crippen LogP) is 5.89. The van der Waals surface area contributed by atoms with Crippen molar-refractivity contribution >= 4 is 45.0 Å². The van der Waals surface area contributed by atoms with Gasteiger partial charge >= 0.3 is 0 Å². The van der Waals surface area contributed by atoms with Crippen LogP contribution >= 0.6 is 35.0 Å². The van der Waals surface area contributed by atoms with E-state index in [4.69, 9.17) is 23.2 Å². The summed E-state index contributed by atoms with van der Waals surface area (Å²) in [5, 5.41) is 10.3. The molecule has 29 heavy (non-hydrogen) atoms. The van der Waals surface area contributed by atoms with E-state index < -0.39 is 10.0 Å². The van der Waals surface area contributed by atoms with Crippen molar-refractivity contribution in [1.82, 2.24) is 4.31 Å². The standard InChI is InChI=1S/C21H21Cl2N2O2S2/c1-13-11-25(12-14(2)15(13)3)29(26,27)21-8-16(10-24)4-7-19(21)28-20-9-17(22)5-6-18(20)23/h4-9,13-14H,11-12H2,1-3H3/q-1. The van der Waals surface area contributed by atoms with Crippen LogP contribution in [0.25, 0.3) is 0 Å². The Morgan fingerprint density at radius 2 is 1.76 bits per heavy atom. The van der Waals surface area contributed by atoms with Crippen LogP contribution in [0.15, 0.2) is 51.1 Å². The van der Waals surface area contributed by atoms with E-state index in [2.05, 4.69) is 6.92 Å². The summed E-state index contributed by atoms with van der Waals surface area (Å²) in [7, 11) is -3.79. The maximum Gasteiger partial charge on any atom is 0.244 e. The molecule has 0 spiro atoms. The van der Waals surface area contributed by atoms with Crippen LogP contribution in [0.3, 0.4) is 0 Å². The minimum Gasteiger partial charge on any atom is -0.309 e. The predicted molar refractivity (Wildman–Crippen MR) is 118 cm³/mol. The lowest BCUT2D eigenvalue weighted by atomic mass is 9.82. The van der Waals surface area contributed by atoms with Crippen LogP contribution in [-0.4, -0.2) is 25.8 Å². The third kappa shape index (κ3) is 4.76. The van der Waals surface area contributed by atoms with Crippen molar-refractivity contribution in [3.63, 3.8) is 0 Å². The third-order valence-electron chi connectivity index (χ3n) is 5.31. The first-order valence-corrected chi connectivity index (χ1v) is 12.1. The SMILES string of the molecule is C[C-]1C(C)CN(S(=O)(=O)c2cc(C#N)ccc2Sc2cc(Cl)ccc2Cl)CC1C. The molecular weight excluding hydrogens is 447 g/mol. The monoisotopic (exact) mass is 467 g/mol. The van der Waals surface area contributed by atoms with Gasteiger partial charge in [-0.3, -0.25) is 0 Å². The van der Waals surface area contributed by atoms with E-state index in [1.54, 1.807) is 30.3 Å². The van der Waals surface area contributed by atoms with E-state index in [-0.39, 0.29) is 16.7 Å². The van der Waals surface area contributed by atoms with E-state index in [1.165, 1.54) is 28.1 Å². The van der Waals surface area contributed by atoms with E-state index in [1.807, 2.05) is 19.9 Å². The van der Waals surface area contributed by atoms with Gasteiger partial charge in [-0.2, -0.15) is 24.0 Å². The zero-order valence-electron chi connectivity index (χ0n) is 16.3. The Morgan fingerprint density at radius 3 is 2.38 bits per heavy atom. The molecule has 1 saturated heterocycles. The van der Waals surface area contributed by atoms with E-state index >= 15 is 0 Å². The number of piperidine rings is 1. The fourth-order valence-corrected chi connectivity index (χ4v) is 6.84. The first-order chi connectivity index (χ1) is 13.6. The Morgan fingerprint density at radius 1 is 1.10 bits per heavy atom. The van der Waals surface area contributed by atoms with Gasteiger partial charge in [-0.15, -0.1) is 0 Å². The van der Waals surface area contributed by atoms with Gasteiger partial charge in [-0.25, -0.2) is 12.7 Å². The minimum atomic E-state index is -3.79. The number of nitriles is 1. The van der Waals surface area contributed by atoms with E-state index in [0.29, 0.717) is 38.5 Å². The van der Waals surface area contributed by atoms with Gasteiger partial charge < -0.3 is 5.92 Å². The second kappa shape index (κ2) is 8.87. The molecule has 0 saturated carbocycles. The number of sulfonamides is 1. The molecule has 8 heteroatoms. The molecule has 154 valence electrons. The Hall–Kier alpha value is -1.23. The molecule has 2 unspecified atom stereocenters. The number of rotatable bonds is 4. The smallest absolute Gasteiger partial charge is 0.244 e. The molecule has 1 heterocycles. The minimum absolute atomic E-state index is 0.122. The highest BCUT2D eigenvalue weighted by molar-refractivity contribution is 8.00. The van der Waals surface area contributed by atoms with E-state index in [9.17, 15) is 13.7 Å². The van der Waals surface area contributed by atoms with Gasteiger partial charge in [0.1, 0.15) is 0 Å². The highest BCUT2D eigenvalue weighted by Crippen LogP contribution is 2.40. The first kappa shape index (κ1) is 22.5. The molecule has 0 aromatic heterocycles. The zero-order valence-corrected chi connectivity index (χ0v) is 19.5. The molecule has 0 N–H and O–H groups in total. The van der Waals surface area contributed by atoms with Crippen molar-refractivity contribution in [2.45, 2.75) is 35.5 Å². The number of halogens is 2. The molecule has 2 atom stereocenters. The Kier molecular flexibility index (Phi) is 6.87. The summed E-state index contributed by atoms with van der Waals surface area (Å²) in [6, 6.07) is 11.8. The number of benzene rings is 2. The Bertz CT molecular complexity index is 1050. The summed E-state index contributed by atoms with van der Waals surface area (Å²) in [4.78, 5) is 1.29.